The summed E-state index contributed by atoms with van der Waals surface area (Å²) in [7, 11) is -3.00. The fourth-order valence-corrected chi connectivity index (χ4v) is 4.40. The van der Waals surface area contributed by atoms with Gasteiger partial charge in [-0.05, 0) is 12.1 Å². The average Bonchev–Trinajstić information content (AvgIpc) is 2.33. The first kappa shape index (κ1) is 12.9. The summed E-state index contributed by atoms with van der Waals surface area (Å²) in [4.78, 5) is 0. The molecule has 19 heavy (non-hydrogen) atoms. The molecular weight excluding hydrogens is 271 g/mol. The van der Waals surface area contributed by atoms with Gasteiger partial charge >= 0.3 is 0 Å². The Kier molecular flexibility index (Phi) is 2.83. The summed E-state index contributed by atoms with van der Waals surface area (Å²) in [5.74, 6) is 0.0267. The van der Waals surface area contributed by atoms with E-state index >= 15 is 0 Å². The lowest BCUT2D eigenvalue weighted by Gasteiger charge is -2.42. The summed E-state index contributed by atoms with van der Waals surface area (Å²) >= 11 is 0. The predicted molar refractivity (Wildman–Crippen MR) is 67.2 cm³/mol. The van der Waals surface area contributed by atoms with E-state index in [9.17, 15) is 17.9 Å². The average molecular weight is 286 g/mol. The van der Waals surface area contributed by atoms with Crippen molar-refractivity contribution < 1.29 is 22.7 Å². The van der Waals surface area contributed by atoms with Gasteiger partial charge in [-0.3, -0.25) is 0 Å². The topological polar surface area (TPSA) is 63.6 Å². The van der Waals surface area contributed by atoms with Crippen LogP contribution in [0.25, 0.3) is 0 Å². The second kappa shape index (κ2) is 4.18. The molecule has 1 N–H and O–H groups in total. The number of ether oxygens (including phenoxy) is 1. The van der Waals surface area contributed by atoms with E-state index in [1.165, 1.54) is 18.2 Å². The molecule has 4 nitrogen and oxygen atoms in total. The molecule has 2 aliphatic heterocycles. The van der Waals surface area contributed by atoms with E-state index < -0.39 is 27.4 Å². The molecule has 1 saturated heterocycles. The highest BCUT2D eigenvalue weighted by molar-refractivity contribution is 7.91. The van der Waals surface area contributed by atoms with Crippen LogP contribution >= 0.6 is 0 Å². The van der Waals surface area contributed by atoms with Gasteiger partial charge in [0, 0.05) is 30.9 Å². The summed E-state index contributed by atoms with van der Waals surface area (Å²) in [5, 5.41) is 10.1. The fraction of sp³-hybridized carbons (Fsp3) is 0.538. The molecule has 2 aliphatic rings. The van der Waals surface area contributed by atoms with Crippen molar-refractivity contribution in [3.05, 3.63) is 29.6 Å². The van der Waals surface area contributed by atoms with E-state index in [2.05, 4.69) is 0 Å². The number of fused-ring (bicyclic) bond motifs is 1. The third-order valence-corrected chi connectivity index (χ3v) is 5.62. The Hall–Kier alpha value is -1.14. The van der Waals surface area contributed by atoms with Crippen molar-refractivity contribution in [3.63, 3.8) is 0 Å². The van der Waals surface area contributed by atoms with Gasteiger partial charge in [0.15, 0.2) is 9.84 Å². The highest BCUT2D eigenvalue weighted by Gasteiger charge is 2.44. The standard InChI is InChI=1S/C13H15FO4S/c14-9-1-2-10-11(15)8-13(18-12(10)7-9)3-5-19(16,17)6-4-13/h1-2,7,11,15H,3-6,8H2. The van der Waals surface area contributed by atoms with Crippen molar-refractivity contribution >= 4 is 9.84 Å². The molecule has 1 atom stereocenters. The maximum atomic E-state index is 13.2. The van der Waals surface area contributed by atoms with Crippen LogP contribution in [0.1, 0.15) is 30.9 Å². The molecule has 0 aliphatic carbocycles. The number of hydrogen-bond acceptors (Lipinski definition) is 4. The normalized spacial score (nSPS) is 27.6. The Morgan fingerprint density at radius 3 is 2.68 bits per heavy atom. The van der Waals surface area contributed by atoms with Gasteiger partial charge in [0.2, 0.25) is 0 Å². The second-order valence-corrected chi connectivity index (χ2v) is 7.64. The molecule has 0 bridgehead atoms. The Balaban J connectivity index is 1.92. The zero-order chi connectivity index (χ0) is 13.7. The Bertz CT molecular complexity index is 597. The molecule has 0 aromatic heterocycles. The van der Waals surface area contributed by atoms with Crippen molar-refractivity contribution in [1.82, 2.24) is 0 Å². The molecule has 0 saturated carbocycles. The van der Waals surface area contributed by atoms with Crippen molar-refractivity contribution in [3.8, 4) is 5.75 Å². The van der Waals surface area contributed by atoms with Crippen molar-refractivity contribution in [2.45, 2.75) is 31.0 Å². The van der Waals surface area contributed by atoms with Crippen molar-refractivity contribution in [1.29, 1.82) is 0 Å². The van der Waals surface area contributed by atoms with Gasteiger partial charge in [-0.25, -0.2) is 12.8 Å². The number of aliphatic hydroxyl groups is 1. The quantitative estimate of drug-likeness (QED) is 0.786. The maximum Gasteiger partial charge on any atom is 0.150 e. The lowest BCUT2D eigenvalue weighted by Crippen LogP contribution is -2.47. The van der Waals surface area contributed by atoms with Crippen LogP contribution in [0.3, 0.4) is 0 Å². The SMILES string of the molecule is O=S1(=O)CCC2(CC1)CC(O)c1ccc(F)cc1O2. The van der Waals surface area contributed by atoms with E-state index in [4.69, 9.17) is 4.74 Å². The van der Waals surface area contributed by atoms with Gasteiger partial charge in [0.25, 0.3) is 0 Å². The summed E-state index contributed by atoms with van der Waals surface area (Å²) in [6, 6.07) is 4.05. The minimum atomic E-state index is -3.00. The van der Waals surface area contributed by atoms with E-state index in [-0.39, 0.29) is 11.5 Å². The Labute approximate surface area is 111 Å². The van der Waals surface area contributed by atoms with E-state index in [1.54, 1.807) is 0 Å². The molecule has 6 heteroatoms. The number of aliphatic hydroxyl groups excluding tert-OH is 1. The van der Waals surface area contributed by atoms with Crippen LogP contribution in [0.5, 0.6) is 5.75 Å². The number of benzene rings is 1. The van der Waals surface area contributed by atoms with Crippen LogP contribution in [-0.2, 0) is 9.84 Å². The van der Waals surface area contributed by atoms with E-state index in [1.807, 2.05) is 0 Å². The molecule has 1 unspecified atom stereocenters. The Morgan fingerprint density at radius 1 is 1.32 bits per heavy atom. The van der Waals surface area contributed by atoms with Gasteiger partial charge in [-0.2, -0.15) is 0 Å². The van der Waals surface area contributed by atoms with E-state index in [0.717, 1.165) is 0 Å². The highest BCUT2D eigenvalue weighted by atomic mass is 32.2. The second-order valence-electron chi connectivity index (χ2n) is 5.34. The molecule has 0 radical (unpaired) electrons. The zero-order valence-electron chi connectivity index (χ0n) is 10.3. The highest BCUT2D eigenvalue weighted by Crippen LogP contribution is 2.44. The minimum Gasteiger partial charge on any atom is -0.487 e. The van der Waals surface area contributed by atoms with Gasteiger partial charge in [0.05, 0.1) is 17.6 Å². The largest absolute Gasteiger partial charge is 0.487 e. The first-order chi connectivity index (χ1) is 8.89. The molecular formula is C13H15FO4S. The van der Waals surface area contributed by atoms with Crippen LogP contribution in [-0.4, -0.2) is 30.6 Å². The zero-order valence-corrected chi connectivity index (χ0v) is 11.1. The van der Waals surface area contributed by atoms with Gasteiger partial charge in [-0.15, -0.1) is 0 Å². The third kappa shape index (κ3) is 2.34. The third-order valence-electron chi connectivity index (χ3n) is 3.96. The number of sulfone groups is 1. The number of rotatable bonds is 0. The van der Waals surface area contributed by atoms with Crippen LogP contribution in [0, 0.1) is 5.82 Å². The molecule has 1 fully saturated rings. The minimum absolute atomic E-state index is 0.0599. The van der Waals surface area contributed by atoms with Crippen LogP contribution in [0.15, 0.2) is 18.2 Å². The summed E-state index contributed by atoms with van der Waals surface area (Å²) in [5.41, 5.74) is -0.105. The molecule has 104 valence electrons. The van der Waals surface area contributed by atoms with E-state index in [0.29, 0.717) is 30.6 Å². The van der Waals surface area contributed by atoms with Crippen LogP contribution in [0.4, 0.5) is 4.39 Å². The Morgan fingerprint density at radius 2 is 2.00 bits per heavy atom. The van der Waals surface area contributed by atoms with Crippen molar-refractivity contribution in [2.75, 3.05) is 11.5 Å². The fourth-order valence-electron chi connectivity index (χ4n) is 2.83. The van der Waals surface area contributed by atoms with Gasteiger partial charge in [-0.1, -0.05) is 0 Å². The van der Waals surface area contributed by atoms with Crippen LogP contribution < -0.4 is 4.74 Å². The molecule has 1 aromatic rings. The lowest BCUT2D eigenvalue weighted by molar-refractivity contribution is -0.0210. The summed E-state index contributed by atoms with van der Waals surface area (Å²) < 4.78 is 42.0. The number of halogens is 1. The summed E-state index contributed by atoms with van der Waals surface area (Å²) in [6.07, 6.45) is 0.330. The van der Waals surface area contributed by atoms with Crippen LogP contribution in [0.2, 0.25) is 0 Å². The molecule has 2 heterocycles. The monoisotopic (exact) mass is 286 g/mol. The predicted octanol–water partition coefficient (Wildman–Crippen LogP) is 1.59. The molecule has 1 spiro atoms. The summed E-state index contributed by atoms with van der Waals surface area (Å²) in [6.45, 7) is 0. The first-order valence-electron chi connectivity index (χ1n) is 6.26. The lowest BCUT2D eigenvalue weighted by atomic mass is 9.84. The first-order valence-corrected chi connectivity index (χ1v) is 8.08. The van der Waals surface area contributed by atoms with Gasteiger partial charge < -0.3 is 9.84 Å². The van der Waals surface area contributed by atoms with Gasteiger partial charge in [0.1, 0.15) is 17.2 Å². The smallest absolute Gasteiger partial charge is 0.150 e. The van der Waals surface area contributed by atoms with Crippen molar-refractivity contribution in [2.24, 2.45) is 0 Å². The molecule has 0 amide bonds. The maximum absolute atomic E-state index is 13.2. The number of hydrogen-bond donors (Lipinski definition) is 1. The molecule has 3 rings (SSSR count). The molecule has 1 aromatic carbocycles.